The smallest absolute Gasteiger partial charge is 0.195 e. The molecule has 4 rings (SSSR count). The summed E-state index contributed by atoms with van der Waals surface area (Å²) in [4.78, 5) is 4.34. The first kappa shape index (κ1) is 22.3. The molecule has 0 fully saturated rings. The zero-order valence-electron chi connectivity index (χ0n) is 17.8. The van der Waals surface area contributed by atoms with E-state index in [1.165, 1.54) is 24.3 Å². The van der Waals surface area contributed by atoms with Gasteiger partial charge in [-0.3, -0.25) is 4.98 Å². The van der Waals surface area contributed by atoms with Gasteiger partial charge in [0.15, 0.2) is 17.5 Å². The first-order valence-electron chi connectivity index (χ1n) is 10.4. The number of pyridine rings is 1. The number of aromatic nitrogens is 1. The fraction of sp³-hybridized carbons (Fsp3) is 0.148. The van der Waals surface area contributed by atoms with Gasteiger partial charge in [0, 0.05) is 16.6 Å². The summed E-state index contributed by atoms with van der Waals surface area (Å²) < 4.78 is 60.6. The molecule has 3 aromatic carbocycles. The van der Waals surface area contributed by atoms with Crippen molar-refractivity contribution in [3.05, 3.63) is 106 Å². The molecule has 0 atom stereocenters. The lowest BCUT2D eigenvalue weighted by Gasteiger charge is -2.05. The van der Waals surface area contributed by atoms with E-state index in [2.05, 4.69) is 16.8 Å². The Morgan fingerprint density at radius 3 is 2.39 bits per heavy atom. The van der Waals surface area contributed by atoms with E-state index >= 15 is 0 Å². The largest absolute Gasteiger partial charge is 0.492 e. The molecule has 0 spiro atoms. The minimum Gasteiger partial charge on any atom is -0.492 e. The van der Waals surface area contributed by atoms with Crippen LogP contribution in [0.4, 0.5) is 17.6 Å². The Kier molecular flexibility index (Phi) is 6.60. The molecule has 0 saturated carbocycles. The molecule has 1 heterocycles. The Hall–Kier alpha value is -3.85. The average molecular weight is 449 g/mol. The van der Waals surface area contributed by atoms with Crippen molar-refractivity contribution < 1.29 is 22.3 Å². The van der Waals surface area contributed by atoms with Crippen molar-refractivity contribution in [2.24, 2.45) is 0 Å². The molecule has 2 nitrogen and oxygen atoms in total. The molecule has 0 radical (unpaired) electrons. The number of hydrogen-bond donors (Lipinski definition) is 0. The number of benzene rings is 3. The van der Waals surface area contributed by atoms with E-state index in [1.54, 1.807) is 18.3 Å². The first-order chi connectivity index (χ1) is 15.9. The van der Waals surface area contributed by atoms with Crippen LogP contribution >= 0.6 is 0 Å². The third kappa shape index (κ3) is 5.15. The molecule has 0 bridgehead atoms. The fourth-order valence-electron chi connectivity index (χ4n) is 3.42. The van der Waals surface area contributed by atoms with Gasteiger partial charge in [-0.05, 0) is 73.2 Å². The monoisotopic (exact) mass is 449 g/mol. The minimum absolute atomic E-state index is 0.0444. The van der Waals surface area contributed by atoms with Gasteiger partial charge in [0.05, 0.1) is 18.4 Å². The topological polar surface area (TPSA) is 22.1 Å². The molecule has 0 amide bonds. The molecule has 6 heteroatoms. The number of ether oxygens (including phenoxy) is 1. The Morgan fingerprint density at radius 1 is 0.818 bits per heavy atom. The summed E-state index contributed by atoms with van der Waals surface area (Å²) in [7, 11) is 0. The van der Waals surface area contributed by atoms with Gasteiger partial charge in [0.2, 0.25) is 0 Å². The summed E-state index contributed by atoms with van der Waals surface area (Å²) in [6.45, 7) is 2.48. The summed E-state index contributed by atoms with van der Waals surface area (Å²) in [6.07, 6.45) is 2.94. The van der Waals surface area contributed by atoms with E-state index in [1.807, 2.05) is 19.1 Å². The van der Waals surface area contributed by atoms with Crippen LogP contribution in [-0.2, 0) is 12.8 Å². The summed E-state index contributed by atoms with van der Waals surface area (Å²) in [5.74, 6) is 1.76. The predicted molar refractivity (Wildman–Crippen MR) is 119 cm³/mol. The zero-order chi connectivity index (χ0) is 23.4. The predicted octanol–water partition coefficient (Wildman–Crippen LogP) is 6.37. The van der Waals surface area contributed by atoms with Crippen molar-refractivity contribution >= 4 is 10.8 Å². The lowest BCUT2D eigenvalue weighted by Crippen LogP contribution is -1.97. The zero-order valence-corrected chi connectivity index (χ0v) is 17.8. The highest BCUT2D eigenvalue weighted by Gasteiger charge is 2.13. The van der Waals surface area contributed by atoms with Crippen LogP contribution in [0.1, 0.15) is 29.3 Å². The molecule has 4 aromatic rings. The summed E-state index contributed by atoms with van der Waals surface area (Å²) >= 11 is 0. The number of fused-ring (bicyclic) bond motifs is 1. The second-order valence-electron chi connectivity index (χ2n) is 7.40. The van der Waals surface area contributed by atoms with Crippen molar-refractivity contribution in [2.75, 3.05) is 6.61 Å². The highest BCUT2D eigenvalue weighted by Crippen LogP contribution is 2.24. The summed E-state index contributed by atoms with van der Waals surface area (Å²) in [5.41, 5.74) is 2.33. The van der Waals surface area contributed by atoms with Crippen molar-refractivity contribution in [1.29, 1.82) is 0 Å². The maximum Gasteiger partial charge on any atom is 0.195 e. The van der Waals surface area contributed by atoms with Gasteiger partial charge >= 0.3 is 0 Å². The first-order valence-corrected chi connectivity index (χ1v) is 10.4. The van der Waals surface area contributed by atoms with Gasteiger partial charge < -0.3 is 4.74 Å². The van der Waals surface area contributed by atoms with Gasteiger partial charge in [-0.1, -0.05) is 24.0 Å². The molecular formula is C27H19F4NO. The van der Waals surface area contributed by atoms with Crippen LogP contribution in [0.3, 0.4) is 0 Å². The van der Waals surface area contributed by atoms with Crippen molar-refractivity contribution in [3.63, 3.8) is 0 Å². The van der Waals surface area contributed by atoms with E-state index in [0.717, 1.165) is 17.3 Å². The molecule has 0 aliphatic carbocycles. The van der Waals surface area contributed by atoms with E-state index in [4.69, 9.17) is 4.74 Å². The number of halogens is 4. The molecular weight excluding hydrogens is 430 g/mol. The van der Waals surface area contributed by atoms with Crippen LogP contribution in [-0.4, -0.2) is 11.6 Å². The Balaban J connectivity index is 1.47. The molecule has 0 aliphatic heterocycles. The molecule has 0 unspecified atom stereocenters. The quantitative estimate of drug-likeness (QED) is 0.201. The number of rotatable bonds is 5. The molecule has 33 heavy (non-hydrogen) atoms. The third-order valence-electron chi connectivity index (χ3n) is 5.13. The van der Waals surface area contributed by atoms with Gasteiger partial charge in [0.1, 0.15) is 11.6 Å². The Morgan fingerprint density at radius 2 is 1.67 bits per heavy atom. The second kappa shape index (κ2) is 9.74. The van der Waals surface area contributed by atoms with Gasteiger partial charge in [0.25, 0.3) is 0 Å². The molecule has 0 saturated heterocycles. The molecule has 1 aromatic heterocycles. The van der Waals surface area contributed by atoms with Crippen LogP contribution in [0.5, 0.6) is 5.75 Å². The van der Waals surface area contributed by atoms with Crippen LogP contribution in [0, 0.1) is 35.1 Å². The van der Waals surface area contributed by atoms with Crippen LogP contribution in [0.15, 0.2) is 60.8 Å². The highest BCUT2D eigenvalue weighted by atomic mass is 19.2. The maximum absolute atomic E-state index is 14.5. The summed E-state index contributed by atoms with van der Waals surface area (Å²) in [5, 5.41) is 0.133. The number of nitrogens with zero attached hydrogens (tertiary/aromatic N) is 1. The van der Waals surface area contributed by atoms with Crippen LogP contribution in [0.25, 0.3) is 10.8 Å². The standard InChI is InChI=1S/C27H19F4NO/c1-2-33-22-11-10-21(32-16-22)9-5-18-4-8-19(24(28)14-18)7-3-17-6-12-23-20(13-17)15-25(29)27(31)26(23)30/h4,6,8,10-16H,2,5,9H2,1H3. The SMILES string of the molecule is CCOc1ccc(CCc2ccc(C#Cc3ccc4c(F)c(F)c(F)cc4c3)c(F)c2)nc1. The normalized spacial score (nSPS) is 10.7. The van der Waals surface area contributed by atoms with E-state index in [0.29, 0.717) is 30.8 Å². The van der Waals surface area contributed by atoms with Crippen molar-refractivity contribution in [2.45, 2.75) is 19.8 Å². The van der Waals surface area contributed by atoms with Gasteiger partial charge in [-0.2, -0.15) is 0 Å². The maximum atomic E-state index is 14.5. The van der Waals surface area contributed by atoms with E-state index in [-0.39, 0.29) is 16.3 Å². The van der Waals surface area contributed by atoms with Crippen LogP contribution in [0.2, 0.25) is 0 Å². The van der Waals surface area contributed by atoms with E-state index in [9.17, 15) is 17.6 Å². The average Bonchev–Trinajstić information content (AvgIpc) is 2.81. The van der Waals surface area contributed by atoms with Crippen LogP contribution < -0.4 is 4.74 Å². The van der Waals surface area contributed by atoms with Gasteiger partial charge in [-0.15, -0.1) is 0 Å². The lowest BCUT2D eigenvalue weighted by atomic mass is 10.0. The number of aryl methyl sites for hydroxylation is 2. The highest BCUT2D eigenvalue weighted by molar-refractivity contribution is 5.84. The van der Waals surface area contributed by atoms with Crippen molar-refractivity contribution in [1.82, 2.24) is 4.98 Å². The van der Waals surface area contributed by atoms with E-state index < -0.39 is 23.3 Å². The third-order valence-corrected chi connectivity index (χ3v) is 5.13. The van der Waals surface area contributed by atoms with Gasteiger partial charge in [-0.25, -0.2) is 17.6 Å². The molecule has 166 valence electrons. The Bertz CT molecular complexity index is 1370. The second-order valence-corrected chi connectivity index (χ2v) is 7.40. The lowest BCUT2D eigenvalue weighted by molar-refractivity contribution is 0.338. The molecule has 0 N–H and O–H groups in total. The van der Waals surface area contributed by atoms with Crippen molar-refractivity contribution in [3.8, 4) is 17.6 Å². The Labute approximate surface area is 188 Å². The number of hydrogen-bond acceptors (Lipinski definition) is 2. The minimum atomic E-state index is -1.51. The summed E-state index contributed by atoms with van der Waals surface area (Å²) in [6, 6.07) is 13.7. The fourth-order valence-corrected chi connectivity index (χ4v) is 3.42. The molecule has 0 aliphatic rings.